The van der Waals surface area contributed by atoms with Crippen molar-refractivity contribution >= 4 is 5.91 Å². The van der Waals surface area contributed by atoms with Gasteiger partial charge in [0.25, 0.3) is 0 Å². The number of nitrogens with zero attached hydrogens (tertiary/aromatic N) is 1. The molecule has 2 aliphatic heterocycles. The van der Waals surface area contributed by atoms with Crippen molar-refractivity contribution in [1.82, 2.24) is 15.5 Å². The Morgan fingerprint density at radius 2 is 2.47 bits per heavy atom. The number of hydrogen-bond donors (Lipinski definition) is 2. The van der Waals surface area contributed by atoms with E-state index < -0.39 is 0 Å². The van der Waals surface area contributed by atoms with Crippen LogP contribution >= 0.6 is 0 Å². The monoisotopic (exact) mass is 263 g/mol. The van der Waals surface area contributed by atoms with Gasteiger partial charge in [0, 0.05) is 19.1 Å². The summed E-state index contributed by atoms with van der Waals surface area (Å²) < 4.78 is 5.19. The molecule has 0 radical (unpaired) electrons. The Hall–Kier alpha value is -1.33. The normalized spacial score (nSPS) is 27.2. The molecule has 3 rings (SSSR count). The first-order valence-corrected chi connectivity index (χ1v) is 7.06. The molecule has 3 heterocycles. The molecule has 5 nitrogen and oxygen atoms in total. The van der Waals surface area contributed by atoms with Crippen molar-refractivity contribution in [3.63, 3.8) is 0 Å². The van der Waals surface area contributed by atoms with Gasteiger partial charge in [-0.3, -0.25) is 9.69 Å². The van der Waals surface area contributed by atoms with E-state index >= 15 is 0 Å². The van der Waals surface area contributed by atoms with Crippen LogP contribution in [0.3, 0.4) is 0 Å². The SMILES string of the molecule is O=C(CN1CC2CCCNC2C1)NCc1ccco1. The number of carbonyl (C=O) groups is 1. The van der Waals surface area contributed by atoms with Crippen molar-refractivity contribution in [2.24, 2.45) is 5.92 Å². The third-order valence-corrected chi connectivity index (χ3v) is 4.08. The lowest BCUT2D eigenvalue weighted by atomic mass is 9.94. The summed E-state index contributed by atoms with van der Waals surface area (Å²) >= 11 is 0. The number of amides is 1. The first-order chi connectivity index (χ1) is 9.31. The molecule has 104 valence electrons. The fraction of sp³-hybridized carbons (Fsp3) is 0.643. The van der Waals surface area contributed by atoms with E-state index in [2.05, 4.69) is 15.5 Å². The first kappa shape index (κ1) is 12.7. The summed E-state index contributed by atoms with van der Waals surface area (Å²) in [6.07, 6.45) is 4.18. The number of likely N-dealkylation sites (tertiary alicyclic amines) is 1. The quantitative estimate of drug-likeness (QED) is 0.834. The Bertz CT molecular complexity index is 404. The van der Waals surface area contributed by atoms with Gasteiger partial charge < -0.3 is 15.1 Å². The summed E-state index contributed by atoms with van der Waals surface area (Å²) in [7, 11) is 0. The molecule has 1 aromatic rings. The maximum absolute atomic E-state index is 11.9. The maximum Gasteiger partial charge on any atom is 0.234 e. The van der Waals surface area contributed by atoms with Gasteiger partial charge in [0.2, 0.25) is 5.91 Å². The van der Waals surface area contributed by atoms with Crippen LogP contribution < -0.4 is 10.6 Å². The third kappa shape index (κ3) is 3.16. The van der Waals surface area contributed by atoms with Gasteiger partial charge in [-0.25, -0.2) is 0 Å². The zero-order chi connectivity index (χ0) is 13.1. The van der Waals surface area contributed by atoms with Crippen molar-refractivity contribution < 1.29 is 9.21 Å². The molecule has 1 aromatic heterocycles. The minimum absolute atomic E-state index is 0.0787. The Morgan fingerprint density at radius 1 is 1.53 bits per heavy atom. The number of carbonyl (C=O) groups excluding carboxylic acids is 1. The smallest absolute Gasteiger partial charge is 0.234 e. The molecule has 2 aliphatic rings. The van der Waals surface area contributed by atoms with Gasteiger partial charge in [0.1, 0.15) is 5.76 Å². The minimum atomic E-state index is 0.0787. The van der Waals surface area contributed by atoms with E-state index in [1.54, 1.807) is 6.26 Å². The van der Waals surface area contributed by atoms with Crippen molar-refractivity contribution in [3.05, 3.63) is 24.2 Å². The molecule has 1 amide bonds. The van der Waals surface area contributed by atoms with Gasteiger partial charge in [-0.1, -0.05) is 0 Å². The molecule has 2 saturated heterocycles. The van der Waals surface area contributed by atoms with Crippen LogP contribution in [0.1, 0.15) is 18.6 Å². The number of piperidine rings is 1. The van der Waals surface area contributed by atoms with E-state index in [0.717, 1.165) is 31.3 Å². The molecule has 0 spiro atoms. The number of hydrogen-bond acceptors (Lipinski definition) is 4. The lowest BCUT2D eigenvalue weighted by Gasteiger charge is -2.24. The summed E-state index contributed by atoms with van der Waals surface area (Å²) in [4.78, 5) is 14.1. The van der Waals surface area contributed by atoms with Crippen molar-refractivity contribution in [3.8, 4) is 0 Å². The predicted octanol–water partition coefficient (Wildman–Crippen LogP) is 0.580. The molecule has 2 atom stereocenters. The van der Waals surface area contributed by atoms with Crippen LogP contribution in [0.4, 0.5) is 0 Å². The topological polar surface area (TPSA) is 57.5 Å². The van der Waals surface area contributed by atoms with E-state index in [-0.39, 0.29) is 5.91 Å². The summed E-state index contributed by atoms with van der Waals surface area (Å²) in [6, 6.07) is 4.29. The van der Waals surface area contributed by atoms with Crippen LogP contribution in [-0.4, -0.2) is 43.0 Å². The zero-order valence-electron chi connectivity index (χ0n) is 11.1. The molecular formula is C14H21N3O2. The van der Waals surface area contributed by atoms with E-state index in [9.17, 15) is 4.79 Å². The summed E-state index contributed by atoms with van der Waals surface area (Å²) in [5.41, 5.74) is 0. The molecule has 0 aromatic carbocycles. The second kappa shape index (κ2) is 5.75. The van der Waals surface area contributed by atoms with Crippen LogP contribution in [-0.2, 0) is 11.3 Å². The number of furan rings is 1. The average Bonchev–Trinajstić information content (AvgIpc) is 3.04. The molecule has 0 saturated carbocycles. The van der Waals surface area contributed by atoms with E-state index in [1.807, 2.05) is 12.1 Å². The summed E-state index contributed by atoms with van der Waals surface area (Å²) in [6.45, 7) is 4.14. The molecule has 0 aliphatic carbocycles. The Morgan fingerprint density at radius 3 is 3.26 bits per heavy atom. The second-order valence-electron chi connectivity index (χ2n) is 5.51. The van der Waals surface area contributed by atoms with E-state index in [4.69, 9.17) is 4.42 Å². The van der Waals surface area contributed by atoms with Crippen LogP contribution in [0.15, 0.2) is 22.8 Å². The van der Waals surface area contributed by atoms with Crippen LogP contribution in [0, 0.1) is 5.92 Å². The molecule has 2 unspecified atom stereocenters. The van der Waals surface area contributed by atoms with Gasteiger partial charge >= 0.3 is 0 Å². The highest BCUT2D eigenvalue weighted by Crippen LogP contribution is 2.24. The average molecular weight is 263 g/mol. The van der Waals surface area contributed by atoms with Crippen LogP contribution in [0.5, 0.6) is 0 Å². The standard InChI is InChI=1S/C14H21N3O2/c18-14(16-7-12-4-2-6-19-12)10-17-8-11-3-1-5-15-13(11)9-17/h2,4,6,11,13,15H,1,3,5,7-10H2,(H,16,18). The molecular weight excluding hydrogens is 242 g/mol. The maximum atomic E-state index is 11.9. The number of fused-ring (bicyclic) bond motifs is 1. The Labute approximate surface area is 113 Å². The lowest BCUT2D eigenvalue weighted by molar-refractivity contribution is -0.122. The molecule has 2 N–H and O–H groups in total. The molecule has 19 heavy (non-hydrogen) atoms. The zero-order valence-corrected chi connectivity index (χ0v) is 11.1. The highest BCUT2D eigenvalue weighted by Gasteiger charge is 2.34. The number of nitrogens with one attached hydrogen (secondary N) is 2. The minimum Gasteiger partial charge on any atom is -0.467 e. The largest absolute Gasteiger partial charge is 0.467 e. The predicted molar refractivity (Wildman–Crippen MR) is 71.5 cm³/mol. The first-order valence-electron chi connectivity index (χ1n) is 7.06. The van der Waals surface area contributed by atoms with Gasteiger partial charge in [-0.2, -0.15) is 0 Å². The van der Waals surface area contributed by atoms with Gasteiger partial charge in [0.05, 0.1) is 19.4 Å². The molecule has 0 bridgehead atoms. The molecule has 5 heteroatoms. The van der Waals surface area contributed by atoms with Gasteiger partial charge in [0.15, 0.2) is 0 Å². The van der Waals surface area contributed by atoms with Crippen molar-refractivity contribution in [2.75, 3.05) is 26.2 Å². The van der Waals surface area contributed by atoms with Gasteiger partial charge in [-0.05, 0) is 37.4 Å². The lowest BCUT2D eigenvalue weighted by Crippen LogP contribution is -2.41. The highest BCUT2D eigenvalue weighted by molar-refractivity contribution is 5.78. The van der Waals surface area contributed by atoms with E-state index in [0.29, 0.717) is 19.1 Å². The Kier molecular flexibility index (Phi) is 3.84. The summed E-state index contributed by atoms with van der Waals surface area (Å²) in [5, 5.41) is 6.45. The van der Waals surface area contributed by atoms with Crippen LogP contribution in [0.25, 0.3) is 0 Å². The fourth-order valence-electron chi connectivity index (χ4n) is 3.12. The molecule has 2 fully saturated rings. The second-order valence-corrected chi connectivity index (χ2v) is 5.51. The summed E-state index contributed by atoms with van der Waals surface area (Å²) in [5.74, 6) is 1.60. The van der Waals surface area contributed by atoms with Gasteiger partial charge in [-0.15, -0.1) is 0 Å². The van der Waals surface area contributed by atoms with Crippen molar-refractivity contribution in [1.29, 1.82) is 0 Å². The highest BCUT2D eigenvalue weighted by atomic mass is 16.3. The number of rotatable bonds is 4. The third-order valence-electron chi connectivity index (χ3n) is 4.08. The van der Waals surface area contributed by atoms with Crippen LogP contribution in [0.2, 0.25) is 0 Å². The fourth-order valence-corrected chi connectivity index (χ4v) is 3.12. The Balaban J connectivity index is 1.42. The van der Waals surface area contributed by atoms with Crippen molar-refractivity contribution in [2.45, 2.75) is 25.4 Å². The van der Waals surface area contributed by atoms with E-state index in [1.165, 1.54) is 12.8 Å².